The summed E-state index contributed by atoms with van der Waals surface area (Å²) in [4.78, 5) is 18.6. The van der Waals surface area contributed by atoms with E-state index in [9.17, 15) is 4.79 Å². The van der Waals surface area contributed by atoms with Crippen molar-refractivity contribution in [2.24, 2.45) is 0 Å². The van der Waals surface area contributed by atoms with Gasteiger partial charge in [0.25, 0.3) is 0 Å². The summed E-state index contributed by atoms with van der Waals surface area (Å²) in [7, 11) is 2.06. The van der Waals surface area contributed by atoms with E-state index in [4.69, 9.17) is 0 Å². The van der Waals surface area contributed by atoms with E-state index >= 15 is 0 Å². The number of Topliss-reactive ketones (excluding diaryl/α,β-unsaturated/α-hetero) is 1. The van der Waals surface area contributed by atoms with Crippen LogP contribution in [0.3, 0.4) is 0 Å². The molecule has 76 valence electrons. The van der Waals surface area contributed by atoms with E-state index in [2.05, 4.69) is 16.9 Å². The molecule has 0 unspecified atom stereocenters. The summed E-state index contributed by atoms with van der Waals surface area (Å²) in [5.74, 6) is 0.121. The van der Waals surface area contributed by atoms with Crippen LogP contribution in [-0.2, 0) is 0 Å². The number of hydrogen-bond donors (Lipinski definition) is 0. The van der Waals surface area contributed by atoms with E-state index in [1.165, 1.54) is 24.2 Å². The number of aryl methyl sites for hydroxylation is 1. The lowest BCUT2D eigenvalue weighted by molar-refractivity contribution is 0.102. The highest BCUT2D eigenvalue weighted by atomic mass is 32.1. The van der Waals surface area contributed by atoms with E-state index < -0.39 is 0 Å². The first kappa shape index (κ1) is 9.65. The molecule has 3 nitrogen and oxygen atoms in total. The second-order valence-corrected chi connectivity index (χ2v) is 4.79. The van der Waals surface area contributed by atoms with Crippen LogP contribution in [0.2, 0.25) is 0 Å². The Labute approximate surface area is 87.8 Å². The molecule has 1 aliphatic carbocycles. The summed E-state index contributed by atoms with van der Waals surface area (Å²) in [6.45, 7) is 3.50. The van der Waals surface area contributed by atoms with Crippen LogP contribution in [0, 0.1) is 6.92 Å². The molecule has 0 aromatic carbocycles. The molecule has 1 aliphatic rings. The average Bonchev–Trinajstić information content (AvgIpc) is 2.88. The Balaban J connectivity index is 2.26. The predicted molar refractivity (Wildman–Crippen MR) is 58.3 cm³/mol. The second-order valence-electron chi connectivity index (χ2n) is 3.81. The first-order valence-corrected chi connectivity index (χ1v) is 5.62. The van der Waals surface area contributed by atoms with Crippen LogP contribution in [0.4, 0.5) is 5.13 Å². The fourth-order valence-electron chi connectivity index (χ4n) is 1.48. The Hall–Kier alpha value is -0.900. The minimum Gasteiger partial charge on any atom is -0.348 e. The molecule has 1 heterocycles. The largest absolute Gasteiger partial charge is 0.348 e. The summed E-state index contributed by atoms with van der Waals surface area (Å²) in [6, 6.07) is 0.653. The van der Waals surface area contributed by atoms with Crippen molar-refractivity contribution in [1.29, 1.82) is 0 Å². The van der Waals surface area contributed by atoms with Crippen LogP contribution >= 0.6 is 11.3 Å². The van der Waals surface area contributed by atoms with Crippen LogP contribution in [0.25, 0.3) is 0 Å². The molecule has 0 atom stereocenters. The van der Waals surface area contributed by atoms with Crippen molar-refractivity contribution in [1.82, 2.24) is 4.98 Å². The number of carbonyl (C=O) groups excluding carboxylic acids is 1. The highest BCUT2D eigenvalue weighted by Crippen LogP contribution is 2.33. The molecule has 1 aromatic rings. The van der Waals surface area contributed by atoms with E-state index in [1.54, 1.807) is 6.92 Å². The maximum Gasteiger partial charge on any atom is 0.186 e. The van der Waals surface area contributed by atoms with Gasteiger partial charge in [-0.2, -0.15) is 0 Å². The molecule has 2 rings (SSSR count). The lowest BCUT2D eigenvalue weighted by Gasteiger charge is -2.13. The number of anilines is 1. The monoisotopic (exact) mass is 210 g/mol. The van der Waals surface area contributed by atoms with Crippen LogP contribution in [0.5, 0.6) is 0 Å². The van der Waals surface area contributed by atoms with Crippen LogP contribution in [0.15, 0.2) is 0 Å². The average molecular weight is 210 g/mol. The van der Waals surface area contributed by atoms with E-state index in [1.807, 2.05) is 6.92 Å². The molecule has 0 N–H and O–H groups in total. The topological polar surface area (TPSA) is 33.2 Å². The molecular weight excluding hydrogens is 196 g/mol. The number of hydrogen-bond acceptors (Lipinski definition) is 4. The normalized spacial score (nSPS) is 15.6. The zero-order valence-corrected chi connectivity index (χ0v) is 9.52. The molecule has 4 heteroatoms. The van der Waals surface area contributed by atoms with Crippen LogP contribution < -0.4 is 4.90 Å². The van der Waals surface area contributed by atoms with Crippen molar-refractivity contribution in [3.63, 3.8) is 0 Å². The van der Waals surface area contributed by atoms with Gasteiger partial charge in [0.2, 0.25) is 0 Å². The molecule has 0 spiro atoms. The smallest absolute Gasteiger partial charge is 0.186 e. The van der Waals surface area contributed by atoms with Gasteiger partial charge in [0.05, 0.1) is 10.6 Å². The van der Waals surface area contributed by atoms with Crippen molar-refractivity contribution >= 4 is 22.3 Å². The van der Waals surface area contributed by atoms with Gasteiger partial charge in [0, 0.05) is 20.0 Å². The molecule has 1 saturated carbocycles. The molecule has 0 radical (unpaired) electrons. The molecular formula is C10H14N2OS. The molecule has 0 amide bonds. The third-order valence-corrected chi connectivity index (χ3v) is 3.85. The maximum atomic E-state index is 11.2. The Morgan fingerprint density at radius 1 is 1.57 bits per heavy atom. The third-order valence-electron chi connectivity index (χ3n) is 2.50. The Bertz CT molecular complexity index is 368. The number of thiazole rings is 1. The minimum atomic E-state index is 0.121. The number of nitrogens with zero attached hydrogens (tertiary/aromatic N) is 2. The van der Waals surface area contributed by atoms with Gasteiger partial charge >= 0.3 is 0 Å². The first-order valence-electron chi connectivity index (χ1n) is 4.81. The fourth-order valence-corrected chi connectivity index (χ4v) is 2.47. The van der Waals surface area contributed by atoms with Gasteiger partial charge in [-0.25, -0.2) is 4.98 Å². The standard InChI is InChI=1S/C10H14N2OS/c1-6-9(7(2)13)14-10(11-6)12(3)8-4-5-8/h8H,4-5H2,1-3H3. The summed E-state index contributed by atoms with van der Waals surface area (Å²) in [5, 5.41) is 0.982. The van der Waals surface area contributed by atoms with Gasteiger partial charge in [-0.15, -0.1) is 0 Å². The van der Waals surface area contributed by atoms with Gasteiger partial charge in [0.1, 0.15) is 0 Å². The molecule has 14 heavy (non-hydrogen) atoms. The SMILES string of the molecule is CC(=O)c1sc(N(C)C2CC2)nc1C. The highest BCUT2D eigenvalue weighted by Gasteiger charge is 2.28. The van der Waals surface area contributed by atoms with Crippen LogP contribution in [0.1, 0.15) is 35.1 Å². The number of ketones is 1. The molecule has 0 bridgehead atoms. The quantitative estimate of drug-likeness (QED) is 0.717. The highest BCUT2D eigenvalue weighted by molar-refractivity contribution is 7.17. The van der Waals surface area contributed by atoms with Crippen molar-refractivity contribution in [3.05, 3.63) is 10.6 Å². The summed E-state index contributed by atoms with van der Waals surface area (Å²) < 4.78 is 0. The van der Waals surface area contributed by atoms with Crippen molar-refractivity contribution in [3.8, 4) is 0 Å². The fraction of sp³-hybridized carbons (Fsp3) is 0.600. The van der Waals surface area contributed by atoms with Gasteiger partial charge in [-0.05, 0) is 19.8 Å². The third kappa shape index (κ3) is 1.66. The van der Waals surface area contributed by atoms with Crippen molar-refractivity contribution in [2.45, 2.75) is 32.7 Å². The number of rotatable bonds is 3. The number of aromatic nitrogens is 1. The Morgan fingerprint density at radius 3 is 2.64 bits per heavy atom. The minimum absolute atomic E-state index is 0.121. The Kier molecular flexibility index (Phi) is 2.31. The number of carbonyl (C=O) groups is 1. The first-order chi connectivity index (χ1) is 6.59. The van der Waals surface area contributed by atoms with Crippen molar-refractivity contribution < 1.29 is 4.79 Å². The van der Waals surface area contributed by atoms with Crippen molar-refractivity contribution in [2.75, 3.05) is 11.9 Å². The predicted octanol–water partition coefficient (Wildman–Crippen LogP) is 2.25. The molecule has 0 saturated heterocycles. The zero-order valence-electron chi connectivity index (χ0n) is 8.70. The van der Waals surface area contributed by atoms with Gasteiger partial charge < -0.3 is 4.90 Å². The molecule has 1 fully saturated rings. The maximum absolute atomic E-state index is 11.2. The zero-order chi connectivity index (χ0) is 10.3. The van der Waals surface area contributed by atoms with E-state index in [0.29, 0.717) is 6.04 Å². The lowest BCUT2D eigenvalue weighted by atomic mass is 10.3. The molecule has 1 aromatic heterocycles. The lowest BCUT2D eigenvalue weighted by Crippen LogP contribution is -2.18. The molecule has 0 aliphatic heterocycles. The summed E-state index contributed by atoms with van der Waals surface area (Å²) in [5.41, 5.74) is 0.866. The summed E-state index contributed by atoms with van der Waals surface area (Å²) in [6.07, 6.45) is 2.51. The van der Waals surface area contributed by atoms with E-state index in [-0.39, 0.29) is 5.78 Å². The second kappa shape index (κ2) is 3.35. The van der Waals surface area contributed by atoms with Gasteiger partial charge in [-0.3, -0.25) is 4.79 Å². The van der Waals surface area contributed by atoms with Crippen LogP contribution in [-0.4, -0.2) is 23.9 Å². The van der Waals surface area contributed by atoms with Gasteiger partial charge in [-0.1, -0.05) is 11.3 Å². The summed E-state index contributed by atoms with van der Waals surface area (Å²) >= 11 is 1.51. The Morgan fingerprint density at radius 2 is 2.21 bits per heavy atom. The van der Waals surface area contributed by atoms with Gasteiger partial charge in [0.15, 0.2) is 10.9 Å². The van der Waals surface area contributed by atoms with E-state index in [0.717, 1.165) is 15.7 Å².